The molecule has 0 radical (unpaired) electrons. The van der Waals surface area contributed by atoms with Crippen LogP contribution < -0.4 is 10.1 Å². The highest BCUT2D eigenvalue weighted by molar-refractivity contribution is 9.10. The van der Waals surface area contributed by atoms with E-state index in [2.05, 4.69) is 46.5 Å². The molecule has 0 aliphatic heterocycles. The number of rotatable bonds is 6. The van der Waals surface area contributed by atoms with Crippen LogP contribution in [-0.2, 0) is 12.5 Å². The first-order valence-corrected chi connectivity index (χ1v) is 8.88. The maximum absolute atomic E-state index is 7.83. The Balaban J connectivity index is 1.69. The highest BCUT2D eigenvalue weighted by atomic mass is 79.9. The Morgan fingerprint density at radius 3 is 2.81 bits per heavy atom. The van der Waals surface area contributed by atoms with E-state index in [1.54, 1.807) is 24.7 Å². The van der Waals surface area contributed by atoms with Crippen molar-refractivity contribution in [3.63, 3.8) is 0 Å². The number of anilines is 2. The number of hydrogen-bond acceptors (Lipinski definition) is 7. The first kappa shape index (κ1) is 13.7. The zero-order valence-electron chi connectivity index (χ0n) is 17.2. The maximum Gasteiger partial charge on any atom is 0.233 e. The van der Waals surface area contributed by atoms with Gasteiger partial charge in [-0.05, 0) is 42.6 Å². The third-order valence-electron chi connectivity index (χ3n) is 4.01. The highest BCUT2D eigenvalue weighted by Crippen LogP contribution is 2.31. The van der Waals surface area contributed by atoms with Crippen LogP contribution >= 0.6 is 15.9 Å². The Morgan fingerprint density at radius 1 is 1.35 bits per heavy atom. The van der Waals surface area contributed by atoms with Gasteiger partial charge in [-0.15, -0.1) is 0 Å². The molecule has 0 aromatic carbocycles. The summed E-state index contributed by atoms with van der Waals surface area (Å²) in [6.45, 7) is 1.19. The Labute approximate surface area is 163 Å². The molecule has 0 amide bonds. The van der Waals surface area contributed by atoms with Crippen molar-refractivity contribution < 1.29 is 8.85 Å². The van der Waals surface area contributed by atoms with Crippen LogP contribution in [0.2, 0.25) is 0 Å². The molecule has 1 fully saturated rings. The molecule has 4 rings (SSSR count). The van der Waals surface area contributed by atoms with Crippen molar-refractivity contribution in [3.8, 4) is 5.88 Å². The third-order valence-corrected chi connectivity index (χ3v) is 4.55. The maximum atomic E-state index is 7.83. The van der Waals surface area contributed by atoms with Gasteiger partial charge in [0.15, 0.2) is 0 Å². The number of halogens is 1. The second-order valence-corrected chi connectivity index (χ2v) is 7.35. The molecule has 26 heavy (non-hydrogen) atoms. The Bertz CT molecular complexity index is 1010. The van der Waals surface area contributed by atoms with Crippen molar-refractivity contribution >= 4 is 27.7 Å². The molecular formula is C16H19BrN8O. The van der Waals surface area contributed by atoms with Gasteiger partial charge in [0, 0.05) is 17.2 Å². The van der Waals surface area contributed by atoms with Gasteiger partial charge >= 0.3 is 0 Å². The number of hydrogen-bond donors (Lipinski definition) is 1. The van der Waals surface area contributed by atoms with Gasteiger partial charge in [0.1, 0.15) is 17.5 Å². The fourth-order valence-corrected chi connectivity index (χ4v) is 2.61. The van der Waals surface area contributed by atoms with Gasteiger partial charge in [-0.2, -0.15) is 25.1 Å². The van der Waals surface area contributed by atoms with Gasteiger partial charge in [-0.25, -0.2) is 4.98 Å². The lowest BCUT2D eigenvalue weighted by Crippen LogP contribution is -2.30. The largest absolute Gasteiger partial charge is 0.473 e. The summed E-state index contributed by atoms with van der Waals surface area (Å²) in [6.07, 6.45) is 6.81. The van der Waals surface area contributed by atoms with Gasteiger partial charge < -0.3 is 10.1 Å². The third kappa shape index (κ3) is 3.28. The van der Waals surface area contributed by atoms with E-state index in [-0.39, 0.29) is 17.9 Å². The normalized spacial score (nSPS) is 16.7. The second-order valence-electron chi connectivity index (χ2n) is 6.49. The predicted octanol–water partition coefficient (Wildman–Crippen LogP) is 2.63. The van der Waals surface area contributed by atoms with Crippen molar-refractivity contribution in [2.45, 2.75) is 38.3 Å². The summed E-state index contributed by atoms with van der Waals surface area (Å²) in [6, 6.07) is 1.63. The molecule has 0 bridgehead atoms. The summed E-state index contributed by atoms with van der Waals surface area (Å²) in [5.41, 5.74) is -0.295. The van der Waals surface area contributed by atoms with E-state index in [1.807, 2.05) is 13.8 Å². The fraction of sp³-hybridized carbons (Fsp3) is 0.438. The number of nitrogens with one attached hydrogen (secondary N) is 1. The minimum Gasteiger partial charge on any atom is -0.473 e. The first-order valence-electron chi connectivity index (χ1n) is 9.58. The van der Waals surface area contributed by atoms with Crippen LogP contribution in [0.3, 0.4) is 0 Å². The molecule has 1 saturated carbocycles. The van der Waals surface area contributed by atoms with Gasteiger partial charge in [0.05, 0.1) is 28.8 Å². The van der Waals surface area contributed by atoms with Crippen molar-refractivity contribution in [2.75, 3.05) is 5.32 Å². The molecule has 10 heteroatoms. The minimum atomic E-state index is -2.50. The number of nitrogens with zero attached hydrogens (tertiary/aromatic N) is 7. The Morgan fingerprint density at radius 2 is 2.12 bits per heavy atom. The number of aryl methyl sites for hydroxylation is 1. The molecule has 3 heterocycles. The van der Waals surface area contributed by atoms with E-state index in [0.29, 0.717) is 16.0 Å². The van der Waals surface area contributed by atoms with Gasteiger partial charge in [0.2, 0.25) is 11.8 Å². The second kappa shape index (κ2) is 6.35. The minimum absolute atomic E-state index is 0.163. The van der Waals surface area contributed by atoms with E-state index in [0.717, 1.165) is 17.5 Å². The predicted molar refractivity (Wildman–Crippen MR) is 98.3 cm³/mol. The van der Waals surface area contributed by atoms with Gasteiger partial charge in [-0.3, -0.25) is 4.68 Å². The van der Waals surface area contributed by atoms with Crippen molar-refractivity contribution in [3.05, 3.63) is 34.8 Å². The van der Waals surface area contributed by atoms with Crippen LogP contribution in [0, 0.1) is 0 Å². The van der Waals surface area contributed by atoms with E-state index in [4.69, 9.17) is 8.85 Å². The zero-order chi connectivity index (χ0) is 20.8. The van der Waals surface area contributed by atoms with Crippen LogP contribution in [0.25, 0.3) is 0 Å². The monoisotopic (exact) mass is 421 g/mol. The SMILES string of the molecule is [2H]C([2H])([2H])n1nc(C(C)(C)n2nccn2)cc1Nc1ncc(Br)c(OC2CC2)n1. The molecule has 1 aliphatic rings. The average molecular weight is 422 g/mol. The summed E-state index contributed by atoms with van der Waals surface area (Å²) >= 11 is 3.37. The van der Waals surface area contributed by atoms with E-state index in [9.17, 15) is 0 Å². The van der Waals surface area contributed by atoms with E-state index >= 15 is 0 Å². The van der Waals surface area contributed by atoms with Crippen molar-refractivity contribution in [2.24, 2.45) is 6.98 Å². The zero-order valence-corrected chi connectivity index (χ0v) is 15.8. The molecule has 0 atom stereocenters. The van der Waals surface area contributed by atoms with Crippen LogP contribution in [0.15, 0.2) is 29.1 Å². The van der Waals surface area contributed by atoms with E-state index < -0.39 is 12.5 Å². The molecule has 0 unspecified atom stereocenters. The Kier molecular flexibility index (Phi) is 3.34. The average Bonchev–Trinajstić information content (AvgIpc) is 3.11. The summed E-state index contributed by atoms with van der Waals surface area (Å²) in [5.74, 6) is 0.835. The van der Waals surface area contributed by atoms with Gasteiger partial charge in [-0.1, -0.05) is 0 Å². The molecule has 136 valence electrons. The molecule has 3 aromatic heterocycles. The van der Waals surface area contributed by atoms with Crippen LogP contribution in [0.5, 0.6) is 5.88 Å². The first-order chi connectivity index (χ1) is 13.6. The molecule has 0 spiro atoms. The quantitative estimate of drug-likeness (QED) is 0.653. The standard InChI is InChI=1S/C16H19BrN8O/c1-16(2,25-19-6-7-20-25)12-8-13(24(3)23-12)21-15-18-9-11(17)14(22-15)26-10-4-5-10/h6-10H,4-5H2,1-3H3,(H,18,21,22)/i3D3. The van der Waals surface area contributed by atoms with E-state index in [1.165, 1.54) is 4.80 Å². The van der Waals surface area contributed by atoms with Gasteiger partial charge in [0.25, 0.3) is 0 Å². The van der Waals surface area contributed by atoms with Crippen LogP contribution in [0.1, 0.15) is 36.5 Å². The molecule has 1 N–H and O–H groups in total. The fourth-order valence-electron chi connectivity index (χ4n) is 2.33. The van der Waals surface area contributed by atoms with Crippen molar-refractivity contribution in [1.29, 1.82) is 0 Å². The summed E-state index contributed by atoms with van der Waals surface area (Å²) in [4.78, 5) is 10.0. The summed E-state index contributed by atoms with van der Waals surface area (Å²) in [7, 11) is 0. The van der Waals surface area contributed by atoms with Crippen LogP contribution in [0.4, 0.5) is 11.8 Å². The molecule has 9 nitrogen and oxygen atoms in total. The molecule has 3 aromatic rings. The summed E-state index contributed by atoms with van der Waals surface area (Å²) < 4.78 is 30.8. The summed E-state index contributed by atoms with van der Waals surface area (Å²) in [5, 5.41) is 15.5. The smallest absolute Gasteiger partial charge is 0.233 e. The molecule has 0 saturated heterocycles. The molecular weight excluding hydrogens is 400 g/mol. The lowest BCUT2D eigenvalue weighted by molar-refractivity contribution is 0.289. The Hall–Kier alpha value is -2.49. The van der Waals surface area contributed by atoms with Crippen LogP contribution in [-0.4, -0.2) is 40.8 Å². The number of aromatic nitrogens is 7. The van der Waals surface area contributed by atoms with Crippen molar-refractivity contribution in [1.82, 2.24) is 34.7 Å². The topological polar surface area (TPSA) is 95.6 Å². The lowest BCUT2D eigenvalue weighted by atomic mass is 10.0. The number of ether oxygens (including phenoxy) is 1. The molecule has 1 aliphatic carbocycles. The highest BCUT2D eigenvalue weighted by Gasteiger charge is 2.29. The lowest BCUT2D eigenvalue weighted by Gasteiger charge is -2.20.